The minimum atomic E-state index is -0.966. The summed E-state index contributed by atoms with van der Waals surface area (Å²) in [6.45, 7) is 4.36. The number of aryl methyl sites for hydroxylation is 2. The molecule has 3 aromatic rings. The first-order valence-corrected chi connectivity index (χ1v) is 10.2. The van der Waals surface area contributed by atoms with Crippen molar-refractivity contribution in [2.75, 3.05) is 11.4 Å². The molecule has 0 radical (unpaired) electrons. The lowest BCUT2D eigenvalue weighted by Crippen LogP contribution is -2.26. The van der Waals surface area contributed by atoms with E-state index in [1.165, 1.54) is 17.4 Å². The van der Waals surface area contributed by atoms with Gasteiger partial charge in [0.25, 0.3) is 5.91 Å². The van der Waals surface area contributed by atoms with Crippen LogP contribution in [0.2, 0.25) is 0 Å². The number of carbonyl (C=O) groups excluding carboxylic acids is 1. The average Bonchev–Trinajstić information content (AvgIpc) is 3.05. The van der Waals surface area contributed by atoms with Gasteiger partial charge in [0, 0.05) is 17.0 Å². The number of benzene rings is 2. The molecule has 0 atom stereocenters. The summed E-state index contributed by atoms with van der Waals surface area (Å²) in [7, 11) is 0. The van der Waals surface area contributed by atoms with Gasteiger partial charge < -0.3 is 15.3 Å². The second-order valence-corrected chi connectivity index (χ2v) is 7.95. The van der Waals surface area contributed by atoms with Crippen LogP contribution in [0.1, 0.15) is 32.9 Å². The van der Waals surface area contributed by atoms with E-state index in [1.807, 2.05) is 18.7 Å². The topological polar surface area (TPSA) is 82.5 Å². The van der Waals surface area contributed by atoms with Crippen molar-refractivity contribution in [1.29, 1.82) is 0 Å². The summed E-state index contributed by atoms with van der Waals surface area (Å²) in [5.74, 6) is -1.64. The Morgan fingerprint density at radius 2 is 1.83 bits per heavy atom. The monoisotopic (exact) mass is 427 g/mol. The maximum Gasteiger partial charge on any atom is 0.305 e. The van der Waals surface area contributed by atoms with E-state index in [0.717, 1.165) is 16.1 Å². The van der Waals surface area contributed by atoms with Crippen molar-refractivity contribution in [3.05, 3.63) is 76.0 Å². The van der Waals surface area contributed by atoms with Gasteiger partial charge in [-0.05, 0) is 43.7 Å². The second-order valence-electron chi connectivity index (χ2n) is 6.77. The van der Waals surface area contributed by atoms with E-state index < -0.39 is 5.97 Å². The highest BCUT2D eigenvalue weighted by atomic mass is 32.1. The molecule has 3 rings (SSSR count). The van der Waals surface area contributed by atoms with Crippen LogP contribution in [-0.2, 0) is 11.3 Å². The quantitative estimate of drug-likeness (QED) is 0.555. The van der Waals surface area contributed by atoms with Crippen LogP contribution in [0.3, 0.4) is 0 Å². The zero-order chi connectivity index (χ0) is 21.7. The fourth-order valence-corrected chi connectivity index (χ4v) is 3.75. The maximum atomic E-state index is 14.5. The lowest BCUT2D eigenvalue weighted by molar-refractivity contribution is -0.136. The van der Waals surface area contributed by atoms with E-state index in [1.54, 1.807) is 42.5 Å². The summed E-state index contributed by atoms with van der Waals surface area (Å²) in [5, 5.41) is 11.9. The van der Waals surface area contributed by atoms with Gasteiger partial charge in [-0.2, -0.15) is 0 Å². The predicted molar refractivity (Wildman–Crippen MR) is 115 cm³/mol. The lowest BCUT2D eigenvalue weighted by atomic mass is 10.1. The van der Waals surface area contributed by atoms with E-state index in [4.69, 9.17) is 5.11 Å². The van der Waals surface area contributed by atoms with Crippen molar-refractivity contribution in [3.8, 4) is 0 Å². The zero-order valence-corrected chi connectivity index (χ0v) is 17.5. The number of amides is 1. The number of nitrogens with zero attached hydrogens (tertiary/aromatic N) is 2. The number of nitrogens with one attached hydrogen (secondary N) is 1. The van der Waals surface area contributed by atoms with E-state index in [-0.39, 0.29) is 24.7 Å². The SMILES string of the molecule is Cc1nc(N(Cc2ccc(C(=O)NCCC(=O)O)cc2)c2ccccc2F)sc1C. The number of para-hydroxylation sites is 1. The number of rotatable bonds is 8. The van der Waals surface area contributed by atoms with Crippen molar-refractivity contribution in [3.63, 3.8) is 0 Å². The smallest absolute Gasteiger partial charge is 0.305 e. The molecule has 8 heteroatoms. The number of halogens is 1. The minimum absolute atomic E-state index is 0.0692. The molecular weight excluding hydrogens is 405 g/mol. The van der Waals surface area contributed by atoms with Crippen LogP contribution >= 0.6 is 11.3 Å². The highest BCUT2D eigenvalue weighted by Gasteiger charge is 2.18. The van der Waals surface area contributed by atoms with Crippen molar-refractivity contribution in [2.45, 2.75) is 26.8 Å². The van der Waals surface area contributed by atoms with Crippen LogP contribution in [0, 0.1) is 19.7 Å². The molecule has 2 aromatic carbocycles. The molecule has 0 aliphatic heterocycles. The van der Waals surface area contributed by atoms with Gasteiger partial charge in [0.2, 0.25) is 0 Å². The molecule has 0 saturated carbocycles. The third kappa shape index (κ3) is 5.21. The summed E-state index contributed by atoms with van der Waals surface area (Å²) in [5.41, 5.74) is 2.65. The number of hydrogen-bond acceptors (Lipinski definition) is 5. The molecule has 156 valence electrons. The number of aliphatic carboxylic acids is 1. The van der Waals surface area contributed by atoms with Gasteiger partial charge in [-0.25, -0.2) is 9.37 Å². The molecule has 0 bridgehead atoms. The van der Waals surface area contributed by atoms with E-state index in [2.05, 4.69) is 10.3 Å². The Balaban J connectivity index is 1.80. The molecule has 0 aliphatic rings. The van der Waals surface area contributed by atoms with Crippen molar-refractivity contribution >= 4 is 34.0 Å². The largest absolute Gasteiger partial charge is 0.481 e. The molecule has 0 spiro atoms. The van der Waals surface area contributed by atoms with E-state index in [9.17, 15) is 14.0 Å². The number of carboxylic acids is 1. The molecule has 1 aromatic heterocycles. The van der Waals surface area contributed by atoms with Crippen LogP contribution < -0.4 is 10.2 Å². The molecule has 0 aliphatic carbocycles. The molecule has 1 heterocycles. The number of hydrogen-bond donors (Lipinski definition) is 2. The van der Waals surface area contributed by atoms with Gasteiger partial charge in [0.05, 0.1) is 24.3 Å². The Morgan fingerprint density at radius 1 is 1.13 bits per heavy atom. The van der Waals surface area contributed by atoms with Crippen LogP contribution in [0.25, 0.3) is 0 Å². The standard InChI is InChI=1S/C22H22FN3O3S/c1-14-15(2)30-22(25-14)26(19-6-4-3-5-18(19)23)13-16-7-9-17(10-8-16)21(29)24-12-11-20(27)28/h3-10H,11-13H2,1-2H3,(H,24,29)(H,27,28). The number of carboxylic acid groups (broad SMARTS) is 1. The molecular formula is C22H22FN3O3S. The highest BCUT2D eigenvalue weighted by Crippen LogP contribution is 2.34. The van der Waals surface area contributed by atoms with Crippen LogP contribution in [0.5, 0.6) is 0 Å². The summed E-state index contributed by atoms with van der Waals surface area (Å²) in [4.78, 5) is 30.1. The summed E-state index contributed by atoms with van der Waals surface area (Å²) >= 11 is 1.50. The minimum Gasteiger partial charge on any atom is -0.481 e. The first kappa shape index (κ1) is 21.4. The van der Waals surface area contributed by atoms with Gasteiger partial charge in [-0.15, -0.1) is 11.3 Å². The van der Waals surface area contributed by atoms with Crippen molar-refractivity contribution in [2.24, 2.45) is 0 Å². The van der Waals surface area contributed by atoms with Crippen molar-refractivity contribution < 1.29 is 19.1 Å². The van der Waals surface area contributed by atoms with Crippen LogP contribution in [-0.4, -0.2) is 28.5 Å². The van der Waals surface area contributed by atoms with Crippen LogP contribution in [0.15, 0.2) is 48.5 Å². The predicted octanol–water partition coefficient (Wildman–Crippen LogP) is 4.44. The fraction of sp³-hybridized carbons (Fsp3) is 0.227. The molecule has 1 amide bonds. The number of aromatic nitrogens is 1. The van der Waals surface area contributed by atoms with Gasteiger partial charge in [0.15, 0.2) is 5.13 Å². The normalized spacial score (nSPS) is 10.6. The Hall–Kier alpha value is -3.26. The third-order valence-corrected chi connectivity index (χ3v) is 5.67. The van der Waals surface area contributed by atoms with E-state index >= 15 is 0 Å². The van der Waals surface area contributed by atoms with Gasteiger partial charge in [0.1, 0.15) is 5.82 Å². The summed E-state index contributed by atoms with van der Waals surface area (Å²) in [6.07, 6.45) is -0.131. The number of anilines is 2. The van der Waals surface area contributed by atoms with Crippen LogP contribution in [0.4, 0.5) is 15.2 Å². The second kappa shape index (κ2) is 9.49. The number of thiazole rings is 1. The molecule has 0 unspecified atom stereocenters. The molecule has 0 fully saturated rings. The molecule has 30 heavy (non-hydrogen) atoms. The first-order valence-electron chi connectivity index (χ1n) is 9.40. The summed E-state index contributed by atoms with van der Waals surface area (Å²) < 4.78 is 14.5. The van der Waals surface area contributed by atoms with Crippen molar-refractivity contribution in [1.82, 2.24) is 10.3 Å². The Bertz CT molecular complexity index is 1030. The molecule has 0 saturated heterocycles. The Kier molecular flexibility index (Phi) is 6.79. The Morgan fingerprint density at radius 3 is 2.43 bits per heavy atom. The average molecular weight is 428 g/mol. The fourth-order valence-electron chi connectivity index (χ4n) is 2.83. The molecule has 6 nitrogen and oxygen atoms in total. The van der Waals surface area contributed by atoms with Gasteiger partial charge in [-0.1, -0.05) is 24.3 Å². The van der Waals surface area contributed by atoms with Gasteiger partial charge in [-0.3, -0.25) is 9.59 Å². The summed E-state index contributed by atoms with van der Waals surface area (Å²) in [6, 6.07) is 13.5. The number of carbonyl (C=O) groups is 2. The zero-order valence-electron chi connectivity index (χ0n) is 16.7. The maximum absolute atomic E-state index is 14.5. The van der Waals surface area contributed by atoms with E-state index in [0.29, 0.717) is 22.9 Å². The van der Waals surface area contributed by atoms with Gasteiger partial charge >= 0.3 is 5.97 Å². The Labute approximate surface area is 178 Å². The highest BCUT2D eigenvalue weighted by molar-refractivity contribution is 7.15. The molecule has 2 N–H and O–H groups in total. The first-order chi connectivity index (χ1) is 14.3. The lowest BCUT2D eigenvalue weighted by Gasteiger charge is -2.23. The third-order valence-electron chi connectivity index (χ3n) is 4.57.